The molecule has 1 saturated heterocycles. The molecular weight excluding hydrogens is 256 g/mol. The van der Waals surface area contributed by atoms with Crippen molar-refractivity contribution in [3.63, 3.8) is 0 Å². The molecule has 0 spiro atoms. The lowest BCUT2D eigenvalue weighted by molar-refractivity contribution is 0.189. The van der Waals surface area contributed by atoms with Crippen LogP contribution in [0.2, 0.25) is 0 Å². The van der Waals surface area contributed by atoms with Gasteiger partial charge in [-0.3, -0.25) is 4.90 Å². The van der Waals surface area contributed by atoms with Gasteiger partial charge in [-0.15, -0.1) is 10.2 Å². The van der Waals surface area contributed by atoms with E-state index < -0.39 is 0 Å². The number of hydrogen-bond acceptors (Lipinski definition) is 6. The van der Waals surface area contributed by atoms with Crippen molar-refractivity contribution in [3.05, 3.63) is 23.5 Å². The largest absolute Gasteiger partial charge is 0.466 e. The smallest absolute Gasteiger partial charge is 0.251 e. The third-order valence-corrected chi connectivity index (χ3v) is 3.73. The van der Waals surface area contributed by atoms with E-state index in [0.717, 1.165) is 43.0 Å². The Morgan fingerprint density at radius 3 is 2.65 bits per heavy atom. The molecule has 108 valence electrons. The molecule has 0 saturated carbocycles. The van der Waals surface area contributed by atoms with Crippen LogP contribution in [-0.4, -0.2) is 34.2 Å². The van der Waals surface area contributed by atoms with E-state index in [1.807, 2.05) is 19.9 Å². The third-order valence-electron chi connectivity index (χ3n) is 3.73. The molecule has 2 aromatic heterocycles. The van der Waals surface area contributed by atoms with Crippen molar-refractivity contribution in [1.29, 1.82) is 0 Å². The zero-order chi connectivity index (χ0) is 14.1. The van der Waals surface area contributed by atoms with Gasteiger partial charge in [0, 0.05) is 19.1 Å². The number of hydrogen-bond donors (Lipinski definition) is 1. The van der Waals surface area contributed by atoms with Crippen LogP contribution >= 0.6 is 0 Å². The highest BCUT2D eigenvalue weighted by Gasteiger charge is 2.19. The van der Waals surface area contributed by atoms with E-state index in [0.29, 0.717) is 24.4 Å². The van der Waals surface area contributed by atoms with Gasteiger partial charge in [0.15, 0.2) is 0 Å². The molecule has 0 radical (unpaired) electrons. The quantitative estimate of drug-likeness (QED) is 0.921. The van der Waals surface area contributed by atoms with Gasteiger partial charge in [-0.25, -0.2) is 0 Å². The zero-order valence-electron chi connectivity index (χ0n) is 11.9. The average molecular weight is 276 g/mol. The van der Waals surface area contributed by atoms with Gasteiger partial charge < -0.3 is 14.6 Å². The molecule has 0 aliphatic carbocycles. The average Bonchev–Trinajstić information content (AvgIpc) is 2.99. The van der Waals surface area contributed by atoms with Crippen LogP contribution < -0.4 is 5.73 Å². The Kier molecular flexibility index (Phi) is 3.58. The summed E-state index contributed by atoms with van der Waals surface area (Å²) < 4.78 is 11.2. The Hall–Kier alpha value is -1.66. The number of furan rings is 1. The molecule has 3 heterocycles. The van der Waals surface area contributed by atoms with Gasteiger partial charge >= 0.3 is 0 Å². The first-order valence-electron chi connectivity index (χ1n) is 6.99. The number of rotatable bonds is 3. The fraction of sp³-hybridized carbons (Fsp3) is 0.571. The lowest BCUT2D eigenvalue weighted by Gasteiger charge is -2.28. The summed E-state index contributed by atoms with van der Waals surface area (Å²) in [5, 5.41) is 8.24. The number of aryl methyl sites for hydroxylation is 2. The minimum atomic E-state index is 0.334. The molecule has 20 heavy (non-hydrogen) atoms. The molecule has 0 aromatic carbocycles. The number of likely N-dealkylation sites (tertiary alicyclic amines) is 1. The summed E-state index contributed by atoms with van der Waals surface area (Å²) in [6.45, 7) is 6.48. The summed E-state index contributed by atoms with van der Waals surface area (Å²) in [5.74, 6) is 2.83. The zero-order valence-corrected chi connectivity index (χ0v) is 11.9. The summed E-state index contributed by atoms with van der Waals surface area (Å²) >= 11 is 0. The van der Waals surface area contributed by atoms with Gasteiger partial charge in [0.2, 0.25) is 5.89 Å². The van der Waals surface area contributed by atoms with Crippen molar-refractivity contribution in [1.82, 2.24) is 15.1 Å². The van der Waals surface area contributed by atoms with Crippen molar-refractivity contribution < 1.29 is 8.83 Å². The molecule has 0 unspecified atom stereocenters. The predicted molar refractivity (Wildman–Crippen MR) is 74.0 cm³/mol. The second-order valence-corrected chi connectivity index (χ2v) is 5.44. The Balaban J connectivity index is 1.69. The van der Waals surface area contributed by atoms with Gasteiger partial charge in [-0.05, 0) is 32.8 Å². The third kappa shape index (κ3) is 2.76. The molecule has 0 atom stereocenters. The molecule has 2 N–H and O–H groups in total. The monoisotopic (exact) mass is 276 g/mol. The van der Waals surface area contributed by atoms with Crippen LogP contribution in [0.25, 0.3) is 11.5 Å². The fourth-order valence-electron chi connectivity index (χ4n) is 2.57. The van der Waals surface area contributed by atoms with Crippen molar-refractivity contribution in [3.8, 4) is 11.5 Å². The van der Waals surface area contributed by atoms with Crippen molar-refractivity contribution in [2.45, 2.75) is 39.3 Å². The van der Waals surface area contributed by atoms with E-state index in [1.165, 1.54) is 0 Å². The number of nitrogens with zero attached hydrogens (tertiary/aromatic N) is 3. The lowest BCUT2D eigenvalue weighted by Crippen LogP contribution is -2.39. The Bertz CT molecular complexity index is 582. The van der Waals surface area contributed by atoms with E-state index in [2.05, 4.69) is 15.1 Å². The first-order valence-corrected chi connectivity index (χ1v) is 6.99. The van der Waals surface area contributed by atoms with E-state index >= 15 is 0 Å². The summed E-state index contributed by atoms with van der Waals surface area (Å²) in [6.07, 6.45) is 2.06. The molecular formula is C14H20N4O2. The van der Waals surface area contributed by atoms with Crippen LogP contribution in [0.4, 0.5) is 0 Å². The summed E-state index contributed by atoms with van der Waals surface area (Å²) in [6, 6.07) is 2.26. The number of aromatic nitrogens is 2. The van der Waals surface area contributed by atoms with Crippen LogP contribution in [0.5, 0.6) is 0 Å². The Morgan fingerprint density at radius 2 is 2.00 bits per heavy atom. The second-order valence-electron chi connectivity index (χ2n) is 5.44. The molecule has 1 fully saturated rings. The molecule has 6 heteroatoms. The van der Waals surface area contributed by atoms with Crippen molar-refractivity contribution >= 4 is 0 Å². The first kappa shape index (κ1) is 13.3. The highest BCUT2D eigenvalue weighted by molar-refractivity contribution is 5.55. The second kappa shape index (κ2) is 5.38. The maximum atomic E-state index is 5.90. The SMILES string of the molecule is Cc1cc(-c2nnc(CN3CCC(N)CC3)o2)c(C)o1. The maximum absolute atomic E-state index is 5.90. The van der Waals surface area contributed by atoms with E-state index in [1.54, 1.807) is 0 Å². The molecule has 0 amide bonds. The van der Waals surface area contributed by atoms with Crippen LogP contribution in [0.1, 0.15) is 30.3 Å². The van der Waals surface area contributed by atoms with Gasteiger partial charge in [0.1, 0.15) is 11.5 Å². The fourth-order valence-corrected chi connectivity index (χ4v) is 2.57. The molecule has 2 aromatic rings. The predicted octanol–water partition coefficient (Wildman–Crippen LogP) is 1.87. The van der Waals surface area contributed by atoms with Crippen molar-refractivity contribution in [2.75, 3.05) is 13.1 Å². The topological polar surface area (TPSA) is 81.3 Å². The van der Waals surface area contributed by atoms with Crippen molar-refractivity contribution in [2.24, 2.45) is 5.73 Å². The molecule has 1 aliphatic rings. The first-order chi connectivity index (χ1) is 9.61. The van der Waals surface area contributed by atoms with E-state index in [-0.39, 0.29) is 0 Å². The minimum absolute atomic E-state index is 0.334. The summed E-state index contributed by atoms with van der Waals surface area (Å²) in [7, 11) is 0. The summed E-state index contributed by atoms with van der Waals surface area (Å²) in [4.78, 5) is 2.30. The molecule has 3 rings (SSSR count). The standard InChI is InChI=1S/C14H20N4O2/c1-9-7-12(10(2)19-9)14-17-16-13(20-14)8-18-5-3-11(15)4-6-18/h7,11H,3-6,8,15H2,1-2H3. The lowest BCUT2D eigenvalue weighted by atomic mass is 10.1. The van der Waals surface area contributed by atoms with E-state index in [9.17, 15) is 0 Å². The summed E-state index contributed by atoms with van der Waals surface area (Å²) in [5.41, 5.74) is 6.78. The van der Waals surface area contributed by atoms with Gasteiger partial charge in [0.05, 0.1) is 12.1 Å². The van der Waals surface area contributed by atoms with E-state index in [4.69, 9.17) is 14.6 Å². The highest BCUT2D eigenvalue weighted by atomic mass is 16.4. The Morgan fingerprint density at radius 1 is 1.25 bits per heavy atom. The molecule has 1 aliphatic heterocycles. The van der Waals surface area contributed by atoms with Crippen LogP contribution in [0.15, 0.2) is 14.9 Å². The number of nitrogens with two attached hydrogens (primary N) is 1. The molecule has 6 nitrogen and oxygen atoms in total. The van der Waals surface area contributed by atoms with Crippen LogP contribution in [-0.2, 0) is 6.54 Å². The van der Waals surface area contributed by atoms with Crippen LogP contribution in [0.3, 0.4) is 0 Å². The van der Waals surface area contributed by atoms with Gasteiger partial charge in [0.25, 0.3) is 5.89 Å². The molecule has 0 bridgehead atoms. The normalized spacial score (nSPS) is 17.8. The highest BCUT2D eigenvalue weighted by Crippen LogP contribution is 2.25. The minimum Gasteiger partial charge on any atom is -0.466 e. The van der Waals surface area contributed by atoms with Gasteiger partial charge in [-0.1, -0.05) is 0 Å². The number of piperidine rings is 1. The maximum Gasteiger partial charge on any atom is 0.251 e. The van der Waals surface area contributed by atoms with Crippen LogP contribution in [0, 0.1) is 13.8 Å². The van der Waals surface area contributed by atoms with Gasteiger partial charge in [-0.2, -0.15) is 0 Å². The Labute approximate surface area is 117 Å².